The van der Waals surface area contributed by atoms with Gasteiger partial charge in [-0.25, -0.2) is 13.8 Å². The fourth-order valence-electron chi connectivity index (χ4n) is 3.40. The highest BCUT2D eigenvalue weighted by molar-refractivity contribution is 5.52. The second-order valence-electron chi connectivity index (χ2n) is 6.67. The number of rotatable bonds is 5. The molecule has 0 radical (unpaired) electrons. The van der Waals surface area contributed by atoms with Crippen LogP contribution in [-0.4, -0.2) is 38.2 Å². The highest BCUT2D eigenvalue weighted by Gasteiger charge is 2.24. The molecule has 5 nitrogen and oxygen atoms in total. The lowest BCUT2D eigenvalue weighted by atomic mass is 10.0. The Kier molecular flexibility index (Phi) is 4.71. The van der Waals surface area contributed by atoms with Crippen LogP contribution in [0.5, 0.6) is 0 Å². The number of benzene rings is 1. The normalized spacial score (nSPS) is 17.7. The fraction of sp³-hybridized carbons (Fsp3) is 0.316. The maximum Gasteiger partial charge on any atom is 0.181 e. The Hall–Kier alpha value is -2.67. The molecule has 0 saturated carbocycles. The van der Waals surface area contributed by atoms with Crippen molar-refractivity contribution in [3.8, 4) is 11.4 Å². The number of halogens is 2. The van der Waals surface area contributed by atoms with Crippen LogP contribution in [0.3, 0.4) is 0 Å². The SMILES string of the molecule is Fc1ccc(CN2CCC(Cc3nc(-c4ccncc4)n[nH]3)C2)c(F)c1. The summed E-state index contributed by atoms with van der Waals surface area (Å²) >= 11 is 0. The molecule has 1 N–H and O–H groups in total. The Labute approximate surface area is 150 Å². The summed E-state index contributed by atoms with van der Waals surface area (Å²) in [4.78, 5) is 10.8. The quantitative estimate of drug-likeness (QED) is 0.764. The lowest BCUT2D eigenvalue weighted by Crippen LogP contribution is -2.21. The van der Waals surface area contributed by atoms with Gasteiger partial charge in [0.2, 0.25) is 0 Å². The molecule has 4 rings (SSSR count). The number of pyridine rings is 1. The highest BCUT2D eigenvalue weighted by Crippen LogP contribution is 2.23. The molecule has 1 unspecified atom stereocenters. The van der Waals surface area contributed by atoms with E-state index in [-0.39, 0.29) is 0 Å². The smallest absolute Gasteiger partial charge is 0.181 e. The van der Waals surface area contributed by atoms with Gasteiger partial charge in [0.15, 0.2) is 5.82 Å². The third kappa shape index (κ3) is 3.77. The van der Waals surface area contributed by atoms with Crippen molar-refractivity contribution in [1.29, 1.82) is 0 Å². The maximum absolute atomic E-state index is 13.8. The second kappa shape index (κ2) is 7.29. The number of nitrogens with zero attached hydrogens (tertiary/aromatic N) is 4. The van der Waals surface area contributed by atoms with Gasteiger partial charge in [0.05, 0.1) is 0 Å². The van der Waals surface area contributed by atoms with Crippen LogP contribution >= 0.6 is 0 Å². The molecule has 2 aromatic heterocycles. The minimum Gasteiger partial charge on any atom is -0.299 e. The average Bonchev–Trinajstić information content (AvgIpc) is 3.28. The van der Waals surface area contributed by atoms with Gasteiger partial charge in [-0.15, -0.1) is 0 Å². The zero-order valence-electron chi connectivity index (χ0n) is 14.2. The molecular formula is C19H19F2N5. The zero-order chi connectivity index (χ0) is 17.9. The van der Waals surface area contributed by atoms with E-state index in [4.69, 9.17) is 0 Å². The van der Waals surface area contributed by atoms with Crippen LogP contribution in [-0.2, 0) is 13.0 Å². The summed E-state index contributed by atoms with van der Waals surface area (Å²) in [6, 6.07) is 7.53. The Morgan fingerprint density at radius 1 is 1.15 bits per heavy atom. The largest absolute Gasteiger partial charge is 0.299 e. The van der Waals surface area contributed by atoms with Gasteiger partial charge in [0.1, 0.15) is 17.5 Å². The molecule has 1 atom stereocenters. The van der Waals surface area contributed by atoms with Crippen LogP contribution < -0.4 is 0 Å². The van der Waals surface area contributed by atoms with Crippen molar-refractivity contribution in [2.24, 2.45) is 5.92 Å². The third-order valence-electron chi connectivity index (χ3n) is 4.73. The van der Waals surface area contributed by atoms with E-state index in [1.54, 1.807) is 12.4 Å². The first-order valence-corrected chi connectivity index (χ1v) is 8.65. The summed E-state index contributed by atoms with van der Waals surface area (Å²) in [6.45, 7) is 2.26. The molecule has 1 saturated heterocycles. The Bertz CT molecular complexity index is 881. The monoisotopic (exact) mass is 355 g/mol. The molecule has 7 heteroatoms. The van der Waals surface area contributed by atoms with Crippen molar-refractivity contribution in [1.82, 2.24) is 25.1 Å². The van der Waals surface area contributed by atoms with Crippen LogP contribution in [0.4, 0.5) is 8.78 Å². The molecule has 1 aliphatic heterocycles. The zero-order valence-corrected chi connectivity index (χ0v) is 14.2. The van der Waals surface area contributed by atoms with Crippen molar-refractivity contribution in [3.63, 3.8) is 0 Å². The van der Waals surface area contributed by atoms with Gasteiger partial charge in [0, 0.05) is 49.1 Å². The molecule has 1 aliphatic rings. The van der Waals surface area contributed by atoms with E-state index in [9.17, 15) is 8.78 Å². The lowest BCUT2D eigenvalue weighted by molar-refractivity contribution is 0.310. The third-order valence-corrected chi connectivity index (χ3v) is 4.73. The Morgan fingerprint density at radius 2 is 2.00 bits per heavy atom. The summed E-state index contributed by atoms with van der Waals surface area (Å²) in [6.07, 6.45) is 5.26. The van der Waals surface area contributed by atoms with Crippen molar-refractivity contribution in [3.05, 3.63) is 65.7 Å². The number of nitrogens with one attached hydrogen (secondary N) is 1. The minimum atomic E-state index is -0.541. The summed E-state index contributed by atoms with van der Waals surface area (Å²) in [7, 11) is 0. The minimum absolute atomic E-state index is 0.441. The van der Waals surface area contributed by atoms with Gasteiger partial charge in [0.25, 0.3) is 0 Å². The summed E-state index contributed by atoms with van der Waals surface area (Å²) in [5.74, 6) is 0.950. The first-order valence-electron chi connectivity index (χ1n) is 8.65. The number of hydrogen-bond donors (Lipinski definition) is 1. The van der Waals surface area contributed by atoms with E-state index in [0.29, 0.717) is 23.9 Å². The Morgan fingerprint density at radius 3 is 2.81 bits per heavy atom. The van der Waals surface area contributed by atoms with E-state index in [2.05, 4.69) is 25.1 Å². The summed E-state index contributed by atoms with van der Waals surface area (Å²) < 4.78 is 26.8. The number of likely N-dealkylation sites (tertiary alicyclic amines) is 1. The van der Waals surface area contributed by atoms with Crippen LogP contribution in [0.25, 0.3) is 11.4 Å². The van der Waals surface area contributed by atoms with Crippen LogP contribution in [0, 0.1) is 17.6 Å². The van der Waals surface area contributed by atoms with E-state index < -0.39 is 11.6 Å². The van der Waals surface area contributed by atoms with Crippen LogP contribution in [0.1, 0.15) is 17.8 Å². The molecule has 0 aliphatic carbocycles. The van der Waals surface area contributed by atoms with Crippen molar-refractivity contribution >= 4 is 0 Å². The van der Waals surface area contributed by atoms with Gasteiger partial charge >= 0.3 is 0 Å². The van der Waals surface area contributed by atoms with Gasteiger partial charge < -0.3 is 0 Å². The Balaban J connectivity index is 1.35. The fourth-order valence-corrected chi connectivity index (χ4v) is 3.40. The number of aromatic amines is 1. The molecule has 26 heavy (non-hydrogen) atoms. The predicted molar refractivity (Wildman–Crippen MR) is 93.1 cm³/mol. The lowest BCUT2D eigenvalue weighted by Gasteiger charge is -2.16. The number of hydrogen-bond acceptors (Lipinski definition) is 4. The molecule has 3 aromatic rings. The van der Waals surface area contributed by atoms with Crippen LogP contribution in [0.2, 0.25) is 0 Å². The van der Waals surface area contributed by atoms with Gasteiger partial charge in [-0.2, -0.15) is 5.10 Å². The average molecular weight is 355 g/mol. The summed E-state index contributed by atoms with van der Waals surface area (Å²) in [5, 5.41) is 7.28. The van der Waals surface area contributed by atoms with Gasteiger partial charge in [-0.1, -0.05) is 6.07 Å². The predicted octanol–water partition coefficient (Wildman–Crippen LogP) is 3.21. The second-order valence-corrected chi connectivity index (χ2v) is 6.67. The molecule has 3 heterocycles. The van der Waals surface area contributed by atoms with Gasteiger partial charge in [-0.3, -0.25) is 15.0 Å². The van der Waals surface area contributed by atoms with Crippen molar-refractivity contribution in [2.75, 3.05) is 13.1 Å². The molecular weight excluding hydrogens is 336 g/mol. The van der Waals surface area contributed by atoms with Crippen molar-refractivity contribution in [2.45, 2.75) is 19.4 Å². The standard InChI is InChI=1S/C19H19F2N5/c20-16-2-1-15(17(21)10-16)12-26-8-5-13(11-26)9-18-23-19(25-24-18)14-3-6-22-7-4-14/h1-4,6-7,10,13H,5,8-9,11-12H2,(H,23,24,25). The molecule has 1 aromatic carbocycles. The van der Waals surface area contributed by atoms with Crippen LogP contribution in [0.15, 0.2) is 42.7 Å². The number of H-pyrrole nitrogens is 1. The molecule has 0 bridgehead atoms. The highest BCUT2D eigenvalue weighted by atomic mass is 19.1. The molecule has 134 valence electrons. The first-order chi connectivity index (χ1) is 12.7. The summed E-state index contributed by atoms with van der Waals surface area (Å²) in [5.41, 5.74) is 1.47. The van der Waals surface area contributed by atoms with Gasteiger partial charge in [-0.05, 0) is 37.1 Å². The van der Waals surface area contributed by atoms with E-state index in [0.717, 1.165) is 43.4 Å². The number of aromatic nitrogens is 4. The molecule has 0 spiro atoms. The topological polar surface area (TPSA) is 57.7 Å². The van der Waals surface area contributed by atoms with E-state index >= 15 is 0 Å². The molecule has 0 amide bonds. The van der Waals surface area contributed by atoms with E-state index in [1.807, 2.05) is 12.1 Å². The van der Waals surface area contributed by atoms with E-state index in [1.165, 1.54) is 12.1 Å². The molecule has 1 fully saturated rings. The maximum atomic E-state index is 13.8. The first kappa shape index (κ1) is 16.8. The van der Waals surface area contributed by atoms with Crippen molar-refractivity contribution < 1.29 is 8.78 Å².